The third-order valence-electron chi connectivity index (χ3n) is 3.01. The van der Waals surface area contributed by atoms with Crippen molar-refractivity contribution in [3.8, 4) is 0 Å². The van der Waals surface area contributed by atoms with Crippen LogP contribution >= 0.6 is 0 Å². The van der Waals surface area contributed by atoms with Crippen LogP contribution in [-0.4, -0.2) is 45.3 Å². The second-order valence-electron chi connectivity index (χ2n) is 7.89. The van der Waals surface area contributed by atoms with Crippen molar-refractivity contribution in [3.05, 3.63) is 0 Å². The van der Waals surface area contributed by atoms with Gasteiger partial charge in [-0.2, -0.15) is 0 Å². The number of aliphatic hydroxyl groups excluding tert-OH is 4. The first-order chi connectivity index (χ1) is 12.6. The third kappa shape index (κ3) is 110. The van der Waals surface area contributed by atoms with Gasteiger partial charge in [0.25, 0.3) is 0 Å². The van der Waals surface area contributed by atoms with E-state index in [9.17, 15) is 0 Å². The maximum absolute atomic E-state index is 8.61. The molecule has 0 rings (SSSR count). The van der Waals surface area contributed by atoms with E-state index >= 15 is 0 Å². The van der Waals surface area contributed by atoms with Crippen LogP contribution in [0.2, 0.25) is 0 Å². The maximum Gasteiger partial charge on any atom is 0.0483 e. The molecule has 174 valence electrons. The van der Waals surface area contributed by atoms with Crippen LogP contribution in [-0.2, 0) is 21.7 Å². The van der Waals surface area contributed by atoms with Crippen molar-refractivity contribution in [2.24, 2.45) is 0 Å². The average molecular weight is 443 g/mol. The number of hydrogen-bond donors (Lipinski definition) is 4. The molecule has 0 aromatic heterocycles. The molecule has 0 aliphatic rings. The molecule has 0 bridgehead atoms. The molecule has 28 heavy (non-hydrogen) atoms. The number of aliphatic hydroxyl groups is 4. The molecule has 4 nitrogen and oxygen atoms in total. The van der Waals surface area contributed by atoms with Crippen LogP contribution in [0.1, 0.15) is 126 Å². The van der Waals surface area contributed by atoms with Gasteiger partial charge < -0.3 is 20.4 Å². The Labute approximate surface area is 192 Å². The van der Waals surface area contributed by atoms with Gasteiger partial charge in [0.05, 0.1) is 0 Å². The Balaban J connectivity index is -0.000000111. The van der Waals surface area contributed by atoms with Gasteiger partial charge >= 0.3 is 0 Å². The van der Waals surface area contributed by atoms with Gasteiger partial charge in [-0.1, -0.05) is 77.6 Å². The van der Waals surface area contributed by atoms with E-state index in [4.69, 9.17) is 20.4 Å². The Hall–Kier alpha value is 0.554. The van der Waals surface area contributed by atoms with Crippen molar-refractivity contribution in [2.45, 2.75) is 144 Å². The fraction of sp³-hybridized carbons (Fsp3) is 1.00. The quantitative estimate of drug-likeness (QED) is 0.226. The van der Waals surface area contributed by atoms with Crippen LogP contribution in [0.3, 0.4) is 0 Å². The molecular weight excluding hydrogens is 388 g/mol. The summed E-state index contributed by atoms with van der Waals surface area (Å²) in [6.45, 7) is 13.0. The van der Waals surface area contributed by atoms with E-state index in [1.165, 1.54) is 70.6 Å². The molecule has 0 spiro atoms. The summed E-state index contributed by atoms with van der Waals surface area (Å²) in [7, 11) is 0. The standard InChI is InChI=1S/C14H30O.3C3H8O.Ti/c1-2-3-4-5-6-7-8-9-10-11-12-13-14-15;3*1-3(2)4;/h15H,2-14H2,1H3;3*3-4H,1-2H3;. The number of unbranched alkanes of at least 4 members (excludes halogenated alkanes) is 11. The first kappa shape index (κ1) is 39.1. The molecule has 0 unspecified atom stereocenters. The van der Waals surface area contributed by atoms with Crippen LogP contribution in [0.15, 0.2) is 0 Å². The fourth-order valence-corrected chi connectivity index (χ4v) is 1.95. The van der Waals surface area contributed by atoms with Gasteiger partial charge in [0.2, 0.25) is 0 Å². The zero-order chi connectivity index (χ0) is 21.9. The summed E-state index contributed by atoms with van der Waals surface area (Å²) in [5, 5.41) is 32.8. The smallest absolute Gasteiger partial charge is 0.0483 e. The summed E-state index contributed by atoms with van der Waals surface area (Å²) in [6, 6.07) is 0. The van der Waals surface area contributed by atoms with E-state index in [1.54, 1.807) is 41.5 Å². The zero-order valence-electron chi connectivity index (χ0n) is 20.2. The largest absolute Gasteiger partial charge is 0.396 e. The molecule has 0 aromatic carbocycles. The van der Waals surface area contributed by atoms with Gasteiger partial charge in [-0.25, -0.2) is 0 Å². The minimum atomic E-state index is -0.167. The maximum atomic E-state index is 8.61. The Morgan fingerprint density at radius 2 is 0.643 bits per heavy atom. The molecule has 5 heteroatoms. The average Bonchev–Trinajstić information content (AvgIpc) is 2.51. The second kappa shape index (κ2) is 38.2. The van der Waals surface area contributed by atoms with Crippen molar-refractivity contribution in [2.75, 3.05) is 6.61 Å². The molecule has 0 saturated carbocycles. The molecule has 0 aliphatic carbocycles. The summed E-state index contributed by atoms with van der Waals surface area (Å²) in [6.07, 6.45) is 15.7. The minimum Gasteiger partial charge on any atom is -0.396 e. The predicted octanol–water partition coefficient (Wildman–Crippen LogP) is 5.84. The topological polar surface area (TPSA) is 80.9 Å². The van der Waals surface area contributed by atoms with Crippen LogP contribution < -0.4 is 0 Å². The van der Waals surface area contributed by atoms with E-state index in [1.807, 2.05) is 0 Å². The van der Waals surface area contributed by atoms with Crippen molar-refractivity contribution in [3.63, 3.8) is 0 Å². The Kier molecular flexibility index (Phi) is 53.3. The van der Waals surface area contributed by atoms with Gasteiger partial charge in [0.1, 0.15) is 0 Å². The summed E-state index contributed by atoms with van der Waals surface area (Å²) >= 11 is 0. The third-order valence-corrected chi connectivity index (χ3v) is 3.01. The van der Waals surface area contributed by atoms with Crippen molar-refractivity contribution < 1.29 is 42.1 Å². The van der Waals surface area contributed by atoms with Crippen LogP contribution in [0.4, 0.5) is 0 Å². The molecule has 0 atom stereocenters. The van der Waals surface area contributed by atoms with E-state index < -0.39 is 0 Å². The van der Waals surface area contributed by atoms with Gasteiger partial charge in [-0.3, -0.25) is 0 Å². The van der Waals surface area contributed by atoms with E-state index in [2.05, 4.69) is 6.92 Å². The molecule has 0 amide bonds. The summed E-state index contributed by atoms with van der Waals surface area (Å²) < 4.78 is 0. The van der Waals surface area contributed by atoms with Crippen LogP contribution in [0.25, 0.3) is 0 Å². The Morgan fingerprint density at radius 1 is 0.464 bits per heavy atom. The van der Waals surface area contributed by atoms with Crippen LogP contribution in [0, 0.1) is 0 Å². The zero-order valence-corrected chi connectivity index (χ0v) is 21.8. The predicted molar refractivity (Wildman–Crippen MR) is 120 cm³/mol. The van der Waals surface area contributed by atoms with Crippen molar-refractivity contribution >= 4 is 0 Å². The van der Waals surface area contributed by atoms with Gasteiger partial charge in [0, 0.05) is 46.6 Å². The molecule has 0 saturated heterocycles. The molecular formula is C23H54O4Ti. The van der Waals surface area contributed by atoms with E-state index in [0.29, 0.717) is 6.61 Å². The summed E-state index contributed by atoms with van der Waals surface area (Å²) in [5.41, 5.74) is 0. The monoisotopic (exact) mass is 442 g/mol. The minimum absolute atomic E-state index is 0. The van der Waals surface area contributed by atoms with Gasteiger partial charge in [-0.15, -0.1) is 0 Å². The fourth-order valence-electron chi connectivity index (χ4n) is 1.95. The van der Waals surface area contributed by atoms with Crippen LogP contribution in [0.5, 0.6) is 0 Å². The molecule has 0 radical (unpaired) electrons. The molecule has 0 heterocycles. The summed E-state index contributed by atoms with van der Waals surface area (Å²) in [5.74, 6) is 0. The van der Waals surface area contributed by atoms with E-state index in [-0.39, 0.29) is 40.0 Å². The molecule has 0 aromatic rings. The molecule has 0 aliphatic heterocycles. The normalized spacial score (nSPS) is 9.64. The SMILES string of the molecule is CC(C)O.CC(C)O.CC(C)O.CCCCCCCCCCCCCCO.[Ti]. The Bertz CT molecular complexity index is 178. The van der Waals surface area contributed by atoms with E-state index in [0.717, 1.165) is 6.42 Å². The second-order valence-corrected chi connectivity index (χ2v) is 7.89. The molecule has 4 N–H and O–H groups in total. The number of hydrogen-bond acceptors (Lipinski definition) is 4. The first-order valence-electron chi connectivity index (χ1n) is 11.3. The number of rotatable bonds is 12. The van der Waals surface area contributed by atoms with Gasteiger partial charge in [0.15, 0.2) is 0 Å². The van der Waals surface area contributed by atoms with Gasteiger partial charge in [-0.05, 0) is 48.0 Å². The van der Waals surface area contributed by atoms with Crippen molar-refractivity contribution in [1.29, 1.82) is 0 Å². The molecule has 0 fully saturated rings. The van der Waals surface area contributed by atoms with Crippen molar-refractivity contribution in [1.82, 2.24) is 0 Å². The Morgan fingerprint density at radius 3 is 0.821 bits per heavy atom. The first-order valence-corrected chi connectivity index (χ1v) is 11.3. The summed E-state index contributed by atoms with van der Waals surface area (Å²) in [4.78, 5) is 0.